The first-order valence-corrected chi connectivity index (χ1v) is 7.50. The number of halogens is 1. The summed E-state index contributed by atoms with van der Waals surface area (Å²) < 4.78 is 6.22. The Morgan fingerprint density at radius 2 is 2.28 bits per heavy atom. The average Bonchev–Trinajstić information content (AvgIpc) is 3.08. The second-order valence-electron chi connectivity index (χ2n) is 4.30. The summed E-state index contributed by atoms with van der Waals surface area (Å²) in [6.07, 6.45) is 2.38. The number of hydrogen-bond donors (Lipinski definition) is 1. The number of aromatic nitrogens is 2. The molecule has 1 aromatic heterocycles. The summed E-state index contributed by atoms with van der Waals surface area (Å²) in [5.74, 6) is 2.77. The zero-order valence-corrected chi connectivity index (χ0v) is 12.0. The second-order valence-corrected chi connectivity index (χ2v) is 6.17. The van der Waals surface area contributed by atoms with Crippen LogP contribution in [0.1, 0.15) is 30.5 Å². The van der Waals surface area contributed by atoms with Crippen LogP contribution in [0.3, 0.4) is 0 Å². The van der Waals surface area contributed by atoms with Crippen molar-refractivity contribution in [1.29, 1.82) is 0 Å². The van der Waals surface area contributed by atoms with E-state index in [9.17, 15) is 0 Å². The molecule has 6 heteroatoms. The van der Waals surface area contributed by atoms with Crippen LogP contribution < -0.4 is 5.73 Å². The number of rotatable bonds is 4. The lowest BCUT2D eigenvalue weighted by molar-refractivity contribution is 0.385. The molecule has 0 bridgehead atoms. The van der Waals surface area contributed by atoms with E-state index < -0.39 is 0 Å². The van der Waals surface area contributed by atoms with Gasteiger partial charge in [-0.05, 0) is 47.0 Å². The van der Waals surface area contributed by atoms with E-state index in [-0.39, 0.29) is 0 Å². The molecule has 1 aliphatic rings. The van der Waals surface area contributed by atoms with E-state index in [4.69, 9.17) is 10.3 Å². The van der Waals surface area contributed by atoms with Crippen molar-refractivity contribution in [2.75, 3.05) is 5.73 Å². The monoisotopic (exact) mass is 325 g/mol. The molecule has 1 aromatic carbocycles. The minimum atomic E-state index is 0.538. The summed E-state index contributed by atoms with van der Waals surface area (Å²) >= 11 is 5.15. The van der Waals surface area contributed by atoms with E-state index in [0.29, 0.717) is 17.6 Å². The fourth-order valence-electron chi connectivity index (χ4n) is 1.61. The van der Waals surface area contributed by atoms with Crippen molar-refractivity contribution in [3.05, 3.63) is 34.4 Å². The quantitative estimate of drug-likeness (QED) is 0.687. The molecular formula is C12H12BrN3OS. The number of nitrogens with two attached hydrogens (primary N) is 1. The molecule has 2 N–H and O–H groups in total. The molecular weight excluding hydrogens is 314 g/mol. The molecule has 0 amide bonds. The fourth-order valence-corrected chi connectivity index (χ4v) is 3.10. The highest BCUT2D eigenvalue weighted by Gasteiger charge is 2.28. The smallest absolute Gasteiger partial charge is 0.237 e. The number of benzene rings is 1. The Bertz CT molecular complexity index is 568. The Morgan fingerprint density at radius 1 is 1.44 bits per heavy atom. The van der Waals surface area contributed by atoms with Gasteiger partial charge < -0.3 is 10.3 Å². The molecule has 0 radical (unpaired) electrons. The third-order valence-electron chi connectivity index (χ3n) is 2.73. The van der Waals surface area contributed by atoms with Crippen molar-refractivity contribution < 1.29 is 4.52 Å². The molecule has 0 spiro atoms. The Balaban J connectivity index is 1.65. The maximum atomic E-state index is 5.70. The van der Waals surface area contributed by atoms with Gasteiger partial charge in [0.1, 0.15) is 0 Å². The van der Waals surface area contributed by atoms with Gasteiger partial charge in [-0.1, -0.05) is 5.16 Å². The lowest BCUT2D eigenvalue weighted by Gasteiger charge is -2.02. The zero-order chi connectivity index (χ0) is 12.5. The topological polar surface area (TPSA) is 64.9 Å². The van der Waals surface area contributed by atoms with E-state index in [1.165, 1.54) is 12.8 Å². The van der Waals surface area contributed by atoms with Crippen molar-refractivity contribution >= 4 is 33.4 Å². The highest BCUT2D eigenvalue weighted by molar-refractivity contribution is 9.10. The molecule has 0 aliphatic heterocycles. The lowest BCUT2D eigenvalue weighted by atomic mass is 10.3. The van der Waals surface area contributed by atoms with Crippen LogP contribution in [-0.4, -0.2) is 10.1 Å². The van der Waals surface area contributed by atoms with Crippen LogP contribution >= 0.6 is 27.7 Å². The summed E-state index contributed by atoms with van der Waals surface area (Å²) in [5.41, 5.74) is 6.45. The van der Waals surface area contributed by atoms with Crippen molar-refractivity contribution in [1.82, 2.24) is 10.1 Å². The van der Waals surface area contributed by atoms with Gasteiger partial charge in [0.05, 0.1) is 5.75 Å². The number of anilines is 1. The van der Waals surface area contributed by atoms with Crippen molar-refractivity contribution in [3.63, 3.8) is 0 Å². The summed E-state index contributed by atoms with van der Waals surface area (Å²) in [5, 5.41) is 4.00. The third kappa shape index (κ3) is 2.70. The SMILES string of the molecule is Nc1ccc(SCc2nc(C3CC3)no2)c(Br)c1. The van der Waals surface area contributed by atoms with E-state index in [1.807, 2.05) is 18.2 Å². The number of nitrogens with zero attached hydrogens (tertiary/aromatic N) is 2. The zero-order valence-electron chi connectivity index (χ0n) is 9.60. The van der Waals surface area contributed by atoms with Crippen LogP contribution in [0, 0.1) is 0 Å². The maximum Gasteiger partial charge on any atom is 0.237 e. The van der Waals surface area contributed by atoms with E-state index in [2.05, 4.69) is 26.1 Å². The molecule has 3 rings (SSSR count). The van der Waals surface area contributed by atoms with E-state index in [1.54, 1.807) is 11.8 Å². The van der Waals surface area contributed by atoms with E-state index >= 15 is 0 Å². The van der Waals surface area contributed by atoms with Crippen LogP contribution in [0.25, 0.3) is 0 Å². The van der Waals surface area contributed by atoms with Gasteiger partial charge in [-0.25, -0.2) is 0 Å². The van der Waals surface area contributed by atoms with Crippen molar-refractivity contribution in [2.24, 2.45) is 0 Å². The predicted octanol–water partition coefficient (Wildman–Crippen LogP) is 3.58. The Kier molecular flexibility index (Phi) is 3.30. The fraction of sp³-hybridized carbons (Fsp3) is 0.333. The molecule has 1 saturated carbocycles. The summed E-state index contributed by atoms with van der Waals surface area (Å²) in [6.45, 7) is 0. The van der Waals surface area contributed by atoms with Gasteiger partial charge in [0.25, 0.3) is 0 Å². The minimum Gasteiger partial charge on any atom is -0.399 e. The number of nitrogen functional groups attached to an aromatic ring is 1. The van der Waals surface area contributed by atoms with Gasteiger partial charge in [0, 0.05) is 21.0 Å². The van der Waals surface area contributed by atoms with E-state index in [0.717, 1.165) is 20.9 Å². The summed E-state index contributed by atoms with van der Waals surface area (Å²) in [4.78, 5) is 5.52. The average molecular weight is 326 g/mol. The Morgan fingerprint density at radius 3 is 3.00 bits per heavy atom. The van der Waals surface area contributed by atoms with Crippen molar-refractivity contribution in [3.8, 4) is 0 Å². The van der Waals surface area contributed by atoms with Gasteiger partial charge in [-0.3, -0.25) is 0 Å². The molecule has 0 atom stereocenters. The normalized spacial score (nSPS) is 14.9. The molecule has 94 valence electrons. The first-order valence-electron chi connectivity index (χ1n) is 5.72. The largest absolute Gasteiger partial charge is 0.399 e. The van der Waals surface area contributed by atoms with Crippen LogP contribution in [-0.2, 0) is 5.75 Å². The predicted molar refractivity (Wildman–Crippen MR) is 74.4 cm³/mol. The van der Waals surface area contributed by atoms with Gasteiger partial charge in [-0.15, -0.1) is 11.8 Å². The van der Waals surface area contributed by atoms with Crippen LogP contribution in [0.5, 0.6) is 0 Å². The lowest BCUT2D eigenvalue weighted by Crippen LogP contribution is -1.86. The minimum absolute atomic E-state index is 0.538. The third-order valence-corrected chi connectivity index (χ3v) is 4.71. The Labute approximate surface area is 117 Å². The first kappa shape index (κ1) is 12.0. The number of hydrogen-bond acceptors (Lipinski definition) is 5. The van der Waals surface area contributed by atoms with Crippen LogP contribution in [0.4, 0.5) is 5.69 Å². The molecule has 2 aromatic rings. The van der Waals surface area contributed by atoms with Crippen molar-refractivity contribution in [2.45, 2.75) is 29.4 Å². The molecule has 0 unspecified atom stereocenters. The molecule has 0 saturated heterocycles. The molecule has 1 aliphatic carbocycles. The molecule has 4 nitrogen and oxygen atoms in total. The van der Waals surface area contributed by atoms with Gasteiger partial charge in [-0.2, -0.15) is 4.98 Å². The Hall–Kier alpha value is -1.01. The second kappa shape index (κ2) is 4.93. The molecule has 18 heavy (non-hydrogen) atoms. The van der Waals surface area contributed by atoms with Gasteiger partial charge in [0.15, 0.2) is 5.82 Å². The maximum absolute atomic E-state index is 5.70. The van der Waals surface area contributed by atoms with Crippen LogP contribution in [0.2, 0.25) is 0 Å². The standard InChI is InChI=1S/C12H12BrN3OS/c13-9-5-8(14)3-4-10(9)18-6-11-15-12(16-17-11)7-1-2-7/h3-5,7H,1-2,6,14H2. The van der Waals surface area contributed by atoms with Crippen LogP contribution in [0.15, 0.2) is 32.1 Å². The van der Waals surface area contributed by atoms with Gasteiger partial charge in [0.2, 0.25) is 5.89 Å². The number of thioether (sulfide) groups is 1. The highest BCUT2D eigenvalue weighted by Crippen LogP contribution is 2.38. The highest BCUT2D eigenvalue weighted by atomic mass is 79.9. The molecule has 1 heterocycles. The summed E-state index contributed by atoms with van der Waals surface area (Å²) in [7, 11) is 0. The first-order chi connectivity index (χ1) is 8.72. The summed E-state index contributed by atoms with van der Waals surface area (Å²) in [6, 6.07) is 5.77. The van der Waals surface area contributed by atoms with Gasteiger partial charge >= 0.3 is 0 Å². The molecule has 1 fully saturated rings.